The molecule has 0 saturated carbocycles. The first-order chi connectivity index (χ1) is 14.3. The Morgan fingerprint density at radius 1 is 1.10 bits per heavy atom. The van der Waals surface area contributed by atoms with E-state index in [1.165, 1.54) is 21.0 Å². The first-order valence-electron chi connectivity index (χ1n) is 10.4. The molecule has 2 aliphatic rings. The number of hydrogen-bond acceptors (Lipinski definition) is 6. The highest BCUT2D eigenvalue weighted by Gasteiger charge is 2.34. The fourth-order valence-corrected chi connectivity index (χ4v) is 5.80. The summed E-state index contributed by atoms with van der Waals surface area (Å²) >= 11 is 0. The van der Waals surface area contributed by atoms with E-state index in [0.29, 0.717) is 31.4 Å². The van der Waals surface area contributed by atoms with Gasteiger partial charge in [0.15, 0.2) is 5.58 Å². The van der Waals surface area contributed by atoms with Crippen molar-refractivity contribution in [2.75, 3.05) is 45.8 Å². The van der Waals surface area contributed by atoms with Crippen molar-refractivity contribution in [1.82, 2.24) is 18.7 Å². The van der Waals surface area contributed by atoms with Crippen LogP contribution in [0.2, 0.25) is 0 Å². The summed E-state index contributed by atoms with van der Waals surface area (Å²) in [4.78, 5) is 28.9. The lowest BCUT2D eigenvalue weighted by atomic mass is 9.96. The van der Waals surface area contributed by atoms with Gasteiger partial charge in [-0.1, -0.05) is 6.92 Å². The molecule has 1 amide bonds. The van der Waals surface area contributed by atoms with Gasteiger partial charge in [-0.05, 0) is 31.5 Å². The topological polar surface area (TPSA) is 96.1 Å². The van der Waals surface area contributed by atoms with Gasteiger partial charge in [0.25, 0.3) is 0 Å². The minimum atomic E-state index is -3.71. The predicted octanol–water partition coefficient (Wildman–Crippen LogP) is 0.696. The van der Waals surface area contributed by atoms with Gasteiger partial charge >= 0.3 is 5.76 Å². The molecule has 0 atom stereocenters. The number of oxazole rings is 1. The molecule has 2 aliphatic heterocycles. The van der Waals surface area contributed by atoms with Crippen LogP contribution in [0.4, 0.5) is 0 Å². The quantitative estimate of drug-likeness (QED) is 0.700. The van der Waals surface area contributed by atoms with Crippen LogP contribution >= 0.6 is 0 Å². The van der Waals surface area contributed by atoms with Crippen molar-refractivity contribution in [3.8, 4) is 0 Å². The van der Waals surface area contributed by atoms with Crippen LogP contribution in [0.15, 0.2) is 32.3 Å². The van der Waals surface area contributed by atoms with Crippen LogP contribution in [0.3, 0.4) is 0 Å². The maximum atomic E-state index is 13.1. The second-order valence-corrected chi connectivity index (χ2v) is 9.93. The molecule has 2 fully saturated rings. The molecule has 0 bridgehead atoms. The molecule has 2 saturated heterocycles. The maximum absolute atomic E-state index is 13.1. The number of rotatable bonds is 4. The van der Waals surface area contributed by atoms with E-state index >= 15 is 0 Å². The first kappa shape index (κ1) is 21.1. The van der Waals surface area contributed by atoms with Gasteiger partial charge in [0.2, 0.25) is 15.9 Å². The Morgan fingerprint density at radius 2 is 1.77 bits per heavy atom. The zero-order valence-electron chi connectivity index (χ0n) is 17.4. The SMILES string of the molecule is CCN1CCN(C(=O)C2CCN(S(=O)(=O)c3ccc4c(c3)oc(=O)n4C)CC2)CC1. The van der Waals surface area contributed by atoms with Crippen molar-refractivity contribution in [3.05, 3.63) is 28.7 Å². The number of benzene rings is 1. The maximum Gasteiger partial charge on any atom is 0.419 e. The summed E-state index contributed by atoms with van der Waals surface area (Å²) in [6, 6.07) is 4.48. The van der Waals surface area contributed by atoms with Crippen molar-refractivity contribution in [1.29, 1.82) is 0 Å². The highest BCUT2D eigenvalue weighted by Crippen LogP contribution is 2.27. The second-order valence-electron chi connectivity index (χ2n) is 7.99. The molecular weight excluding hydrogens is 408 g/mol. The minimum absolute atomic E-state index is 0.102. The molecule has 4 rings (SSSR count). The highest BCUT2D eigenvalue weighted by molar-refractivity contribution is 7.89. The molecule has 164 valence electrons. The van der Waals surface area contributed by atoms with Gasteiger partial charge in [-0.25, -0.2) is 13.2 Å². The third-order valence-corrected chi connectivity index (χ3v) is 8.23. The van der Waals surface area contributed by atoms with Crippen molar-refractivity contribution in [3.63, 3.8) is 0 Å². The van der Waals surface area contributed by atoms with Gasteiger partial charge in [-0.2, -0.15) is 4.31 Å². The fourth-order valence-electron chi connectivity index (χ4n) is 4.31. The molecule has 0 radical (unpaired) electrons. The largest absolute Gasteiger partial charge is 0.419 e. The van der Waals surface area contributed by atoms with E-state index in [1.54, 1.807) is 13.1 Å². The molecule has 0 spiro atoms. The number of aromatic nitrogens is 1. The molecule has 0 N–H and O–H groups in total. The van der Waals surface area contributed by atoms with E-state index in [4.69, 9.17) is 4.42 Å². The lowest BCUT2D eigenvalue weighted by molar-refractivity contribution is -0.138. The second kappa shape index (κ2) is 8.16. The van der Waals surface area contributed by atoms with Crippen LogP contribution in [0, 0.1) is 5.92 Å². The lowest BCUT2D eigenvalue weighted by Gasteiger charge is -2.38. The molecule has 0 unspecified atom stereocenters. The number of fused-ring (bicyclic) bond motifs is 1. The van der Waals surface area contributed by atoms with Gasteiger partial charge in [-0.15, -0.1) is 0 Å². The molecule has 2 aromatic rings. The summed E-state index contributed by atoms with van der Waals surface area (Å²) in [5.74, 6) is -0.506. The highest BCUT2D eigenvalue weighted by atomic mass is 32.2. The first-order valence-corrected chi connectivity index (χ1v) is 11.9. The van der Waals surface area contributed by atoms with Crippen molar-refractivity contribution in [2.45, 2.75) is 24.7 Å². The Labute approximate surface area is 175 Å². The van der Waals surface area contributed by atoms with E-state index < -0.39 is 15.8 Å². The van der Waals surface area contributed by atoms with E-state index in [-0.39, 0.29) is 22.3 Å². The number of amides is 1. The minimum Gasteiger partial charge on any atom is -0.408 e. The smallest absolute Gasteiger partial charge is 0.408 e. The number of aryl methyl sites for hydroxylation is 1. The summed E-state index contributed by atoms with van der Waals surface area (Å²) < 4.78 is 34.0. The van der Waals surface area contributed by atoms with Crippen molar-refractivity contribution >= 4 is 27.0 Å². The Kier molecular flexibility index (Phi) is 5.73. The third kappa shape index (κ3) is 3.79. The third-order valence-electron chi connectivity index (χ3n) is 6.34. The van der Waals surface area contributed by atoms with Crippen molar-refractivity contribution < 1.29 is 17.6 Å². The van der Waals surface area contributed by atoms with Gasteiger partial charge in [0, 0.05) is 58.3 Å². The van der Waals surface area contributed by atoms with Crippen LogP contribution in [-0.4, -0.2) is 78.8 Å². The molecule has 9 nitrogen and oxygen atoms in total. The number of piperazine rings is 1. The van der Waals surface area contributed by atoms with E-state index in [2.05, 4.69) is 11.8 Å². The van der Waals surface area contributed by atoms with Gasteiger partial charge in [-0.3, -0.25) is 9.36 Å². The Balaban J connectivity index is 1.42. The van der Waals surface area contributed by atoms with Gasteiger partial charge in [0.1, 0.15) is 0 Å². The normalized spacial score (nSPS) is 20.1. The van der Waals surface area contributed by atoms with E-state index in [0.717, 1.165) is 32.7 Å². The van der Waals surface area contributed by atoms with Crippen LogP contribution in [0.25, 0.3) is 11.1 Å². The summed E-state index contributed by atoms with van der Waals surface area (Å²) in [7, 11) is -2.14. The number of hydrogen-bond donors (Lipinski definition) is 0. The zero-order valence-corrected chi connectivity index (χ0v) is 18.2. The summed E-state index contributed by atoms with van der Waals surface area (Å²) in [5, 5.41) is 0. The number of carbonyl (C=O) groups is 1. The average Bonchev–Trinajstić information content (AvgIpc) is 3.06. The van der Waals surface area contributed by atoms with Crippen molar-refractivity contribution in [2.24, 2.45) is 13.0 Å². The summed E-state index contributed by atoms with van der Waals surface area (Å²) in [6.07, 6.45) is 1.05. The molecular formula is C20H28N4O5S. The van der Waals surface area contributed by atoms with Crippen LogP contribution in [-0.2, 0) is 21.9 Å². The standard InChI is InChI=1S/C20H28N4O5S/c1-3-22-10-12-23(13-11-22)19(25)15-6-8-24(9-7-15)30(27,28)16-4-5-17-18(14-16)29-20(26)21(17)2/h4-5,14-15H,3,6-13H2,1-2H3. The van der Waals surface area contributed by atoms with Crippen LogP contribution in [0.5, 0.6) is 0 Å². The number of piperidine rings is 1. The molecule has 30 heavy (non-hydrogen) atoms. The number of sulfonamides is 1. The number of likely N-dealkylation sites (N-methyl/N-ethyl adjacent to an activating group) is 1. The molecule has 10 heteroatoms. The predicted molar refractivity (Wildman–Crippen MR) is 112 cm³/mol. The number of carbonyl (C=O) groups excluding carboxylic acids is 1. The molecule has 3 heterocycles. The van der Waals surface area contributed by atoms with E-state index in [9.17, 15) is 18.0 Å². The van der Waals surface area contributed by atoms with Gasteiger partial charge < -0.3 is 14.2 Å². The monoisotopic (exact) mass is 436 g/mol. The summed E-state index contributed by atoms with van der Waals surface area (Å²) in [6.45, 7) is 7.02. The number of nitrogens with zero attached hydrogens (tertiary/aromatic N) is 4. The Morgan fingerprint density at radius 3 is 2.40 bits per heavy atom. The molecule has 0 aliphatic carbocycles. The Bertz CT molecular complexity index is 1090. The van der Waals surface area contributed by atoms with E-state index in [1.807, 2.05) is 4.90 Å². The van der Waals surface area contributed by atoms with Crippen LogP contribution < -0.4 is 5.76 Å². The Hall–Kier alpha value is -2.17. The lowest BCUT2D eigenvalue weighted by Crippen LogP contribution is -2.51. The summed E-state index contributed by atoms with van der Waals surface area (Å²) in [5.41, 5.74) is 0.797. The molecule has 1 aromatic carbocycles. The fraction of sp³-hybridized carbons (Fsp3) is 0.600. The average molecular weight is 437 g/mol. The van der Waals surface area contributed by atoms with Gasteiger partial charge in [0.05, 0.1) is 10.4 Å². The zero-order chi connectivity index (χ0) is 21.5. The molecule has 1 aromatic heterocycles. The van der Waals surface area contributed by atoms with Crippen LogP contribution in [0.1, 0.15) is 19.8 Å².